The summed E-state index contributed by atoms with van der Waals surface area (Å²) in [6.45, 7) is 7.73. The molecule has 0 aliphatic carbocycles. The van der Waals surface area contributed by atoms with E-state index in [-0.39, 0.29) is 22.8 Å². The van der Waals surface area contributed by atoms with Crippen molar-refractivity contribution in [1.29, 1.82) is 0 Å². The molecule has 20 heavy (non-hydrogen) atoms. The molecular weight excluding hydrogens is 274 g/mol. The van der Waals surface area contributed by atoms with Crippen LogP contribution in [0.15, 0.2) is 23.1 Å². The highest BCUT2D eigenvalue weighted by Gasteiger charge is 2.17. The van der Waals surface area contributed by atoms with Gasteiger partial charge in [0.2, 0.25) is 5.91 Å². The highest BCUT2D eigenvalue weighted by atomic mass is 32.2. The van der Waals surface area contributed by atoms with Gasteiger partial charge >= 0.3 is 5.97 Å². The van der Waals surface area contributed by atoms with Gasteiger partial charge in [0.15, 0.2) is 0 Å². The van der Waals surface area contributed by atoms with Crippen molar-refractivity contribution in [2.45, 2.75) is 44.6 Å². The number of nitrogens with one attached hydrogen (secondary N) is 1. The molecule has 0 spiro atoms. The molecule has 2 N–H and O–H groups in total. The van der Waals surface area contributed by atoms with E-state index in [1.807, 2.05) is 26.8 Å². The Morgan fingerprint density at radius 3 is 2.55 bits per heavy atom. The zero-order valence-electron chi connectivity index (χ0n) is 12.3. The van der Waals surface area contributed by atoms with Gasteiger partial charge in [-0.1, -0.05) is 13.0 Å². The number of carboxylic acids is 1. The molecule has 4 nitrogen and oxygen atoms in total. The minimum Gasteiger partial charge on any atom is -0.478 e. The molecule has 0 aromatic heterocycles. The number of aromatic carboxylic acids is 1. The normalized spacial score (nSPS) is 11.2. The van der Waals surface area contributed by atoms with Crippen LogP contribution in [0.25, 0.3) is 0 Å². The fourth-order valence-electron chi connectivity index (χ4n) is 1.57. The number of benzene rings is 1. The van der Waals surface area contributed by atoms with Crippen LogP contribution in [0, 0.1) is 6.92 Å². The summed E-state index contributed by atoms with van der Waals surface area (Å²) in [7, 11) is 0. The number of carboxylic acid groups (broad SMARTS) is 1. The summed E-state index contributed by atoms with van der Waals surface area (Å²) in [5.74, 6) is -0.702. The van der Waals surface area contributed by atoms with E-state index >= 15 is 0 Å². The van der Waals surface area contributed by atoms with Gasteiger partial charge in [-0.15, -0.1) is 11.8 Å². The van der Waals surface area contributed by atoms with Crippen molar-refractivity contribution >= 4 is 23.6 Å². The molecule has 0 saturated heterocycles. The van der Waals surface area contributed by atoms with E-state index < -0.39 is 5.97 Å². The van der Waals surface area contributed by atoms with Gasteiger partial charge in [-0.25, -0.2) is 4.79 Å². The molecule has 0 bridgehead atoms. The molecule has 1 rings (SSSR count). The smallest absolute Gasteiger partial charge is 0.335 e. The zero-order valence-corrected chi connectivity index (χ0v) is 13.1. The third kappa shape index (κ3) is 4.89. The minimum atomic E-state index is -0.943. The summed E-state index contributed by atoms with van der Waals surface area (Å²) in [6, 6.07) is 5.21. The van der Waals surface area contributed by atoms with Crippen LogP contribution in [-0.4, -0.2) is 28.3 Å². The summed E-state index contributed by atoms with van der Waals surface area (Å²) < 4.78 is 0. The van der Waals surface area contributed by atoms with E-state index in [4.69, 9.17) is 5.11 Å². The largest absolute Gasteiger partial charge is 0.478 e. The van der Waals surface area contributed by atoms with Crippen molar-refractivity contribution in [2.24, 2.45) is 0 Å². The molecule has 0 saturated carbocycles. The van der Waals surface area contributed by atoms with Crippen molar-refractivity contribution in [3.8, 4) is 0 Å². The summed E-state index contributed by atoms with van der Waals surface area (Å²) >= 11 is 1.34. The summed E-state index contributed by atoms with van der Waals surface area (Å²) in [6.07, 6.45) is 0.858. The second kappa shape index (κ2) is 6.79. The SMILES string of the molecule is CCC(C)(C)NC(=O)CSc1ccc(C)c(C(=O)O)c1. The number of hydrogen-bond acceptors (Lipinski definition) is 3. The standard InChI is InChI=1S/C15H21NO3S/c1-5-15(3,4)16-13(17)9-20-11-7-6-10(2)12(8-11)14(18)19/h6-8H,5,9H2,1-4H3,(H,16,17)(H,18,19). The van der Waals surface area contributed by atoms with Crippen molar-refractivity contribution in [1.82, 2.24) is 5.32 Å². The van der Waals surface area contributed by atoms with E-state index in [9.17, 15) is 9.59 Å². The molecule has 0 atom stereocenters. The quantitative estimate of drug-likeness (QED) is 0.791. The van der Waals surface area contributed by atoms with Gasteiger partial charge in [0.25, 0.3) is 0 Å². The Morgan fingerprint density at radius 2 is 2.00 bits per heavy atom. The van der Waals surface area contributed by atoms with E-state index in [0.717, 1.165) is 16.9 Å². The van der Waals surface area contributed by atoms with Crippen LogP contribution in [0.2, 0.25) is 0 Å². The number of aryl methyl sites for hydroxylation is 1. The molecule has 1 aromatic rings. The zero-order chi connectivity index (χ0) is 15.3. The van der Waals surface area contributed by atoms with Gasteiger partial charge in [0.1, 0.15) is 0 Å². The average Bonchev–Trinajstić information content (AvgIpc) is 2.37. The maximum absolute atomic E-state index is 11.8. The minimum absolute atomic E-state index is 0.0423. The predicted molar refractivity (Wildman–Crippen MR) is 81.4 cm³/mol. The van der Waals surface area contributed by atoms with Crippen LogP contribution in [-0.2, 0) is 4.79 Å². The molecule has 5 heteroatoms. The third-order valence-electron chi connectivity index (χ3n) is 3.17. The Labute approximate surface area is 124 Å². The van der Waals surface area contributed by atoms with Crippen LogP contribution in [0.5, 0.6) is 0 Å². The van der Waals surface area contributed by atoms with Crippen LogP contribution in [0.3, 0.4) is 0 Å². The Hall–Kier alpha value is -1.49. The van der Waals surface area contributed by atoms with Crippen molar-refractivity contribution in [2.75, 3.05) is 5.75 Å². The first kappa shape index (κ1) is 16.6. The van der Waals surface area contributed by atoms with Gasteiger partial charge in [-0.05, 0) is 44.9 Å². The third-order valence-corrected chi connectivity index (χ3v) is 4.16. The molecular formula is C15H21NO3S. The van der Waals surface area contributed by atoms with Crippen LogP contribution in [0.4, 0.5) is 0 Å². The van der Waals surface area contributed by atoms with Crippen molar-refractivity contribution in [3.63, 3.8) is 0 Å². The summed E-state index contributed by atoms with van der Waals surface area (Å²) in [5, 5.41) is 12.0. The maximum atomic E-state index is 11.8. The molecule has 1 amide bonds. The van der Waals surface area contributed by atoms with Crippen molar-refractivity contribution < 1.29 is 14.7 Å². The Kier molecular flexibility index (Phi) is 5.62. The number of amides is 1. The first-order valence-corrected chi connectivity index (χ1v) is 7.51. The summed E-state index contributed by atoms with van der Waals surface area (Å²) in [4.78, 5) is 23.7. The van der Waals surface area contributed by atoms with Crippen LogP contribution >= 0.6 is 11.8 Å². The second-order valence-corrected chi connectivity index (χ2v) is 6.40. The Balaban J connectivity index is 2.64. The molecule has 0 radical (unpaired) electrons. The number of rotatable bonds is 6. The number of carbonyl (C=O) groups is 2. The van der Waals surface area contributed by atoms with Gasteiger partial charge < -0.3 is 10.4 Å². The molecule has 0 fully saturated rings. The highest BCUT2D eigenvalue weighted by Crippen LogP contribution is 2.21. The van der Waals surface area contributed by atoms with Gasteiger partial charge in [-0.3, -0.25) is 4.79 Å². The second-order valence-electron chi connectivity index (χ2n) is 5.36. The Bertz CT molecular complexity index is 512. The fourth-order valence-corrected chi connectivity index (χ4v) is 2.31. The first-order chi connectivity index (χ1) is 9.25. The van der Waals surface area contributed by atoms with Crippen LogP contribution in [0.1, 0.15) is 43.1 Å². The fraction of sp³-hybridized carbons (Fsp3) is 0.467. The van der Waals surface area contributed by atoms with E-state index in [1.165, 1.54) is 11.8 Å². The topological polar surface area (TPSA) is 66.4 Å². The first-order valence-electron chi connectivity index (χ1n) is 6.53. The van der Waals surface area contributed by atoms with E-state index in [0.29, 0.717) is 0 Å². The van der Waals surface area contributed by atoms with Gasteiger partial charge in [0, 0.05) is 10.4 Å². The van der Waals surface area contributed by atoms with E-state index in [2.05, 4.69) is 5.32 Å². The lowest BCUT2D eigenvalue weighted by atomic mass is 10.0. The van der Waals surface area contributed by atoms with E-state index in [1.54, 1.807) is 19.1 Å². The van der Waals surface area contributed by atoms with Crippen molar-refractivity contribution in [3.05, 3.63) is 29.3 Å². The molecule has 0 heterocycles. The molecule has 0 aliphatic rings. The van der Waals surface area contributed by atoms with Gasteiger partial charge in [0.05, 0.1) is 11.3 Å². The Morgan fingerprint density at radius 1 is 1.35 bits per heavy atom. The number of carbonyl (C=O) groups excluding carboxylic acids is 1. The molecule has 0 aliphatic heterocycles. The predicted octanol–water partition coefficient (Wildman–Crippen LogP) is 3.09. The number of thioether (sulfide) groups is 1. The molecule has 110 valence electrons. The van der Waals surface area contributed by atoms with Crippen LogP contribution < -0.4 is 5.32 Å². The lowest BCUT2D eigenvalue weighted by Gasteiger charge is -2.24. The summed E-state index contributed by atoms with van der Waals surface area (Å²) in [5.41, 5.74) is 0.791. The average molecular weight is 295 g/mol. The van der Waals surface area contributed by atoms with Gasteiger partial charge in [-0.2, -0.15) is 0 Å². The molecule has 0 unspecified atom stereocenters. The molecule has 1 aromatic carbocycles. The lowest BCUT2D eigenvalue weighted by Crippen LogP contribution is -2.43. The highest BCUT2D eigenvalue weighted by molar-refractivity contribution is 8.00. The maximum Gasteiger partial charge on any atom is 0.335 e. The lowest BCUT2D eigenvalue weighted by molar-refractivity contribution is -0.120. The monoisotopic (exact) mass is 295 g/mol. The number of hydrogen-bond donors (Lipinski definition) is 2.